The highest BCUT2D eigenvalue weighted by Gasteiger charge is 2.28. The Morgan fingerprint density at radius 1 is 1.25 bits per heavy atom. The lowest BCUT2D eigenvalue weighted by Gasteiger charge is -2.22. The number of rotatable bonds is 5. The highest BCUT2D eigenvalue weighted by molar-refractivity contribution is 5.87. The Bertz CT molecular complexity index is 291. The molecule has 0 heterocycles. The Morgan fingerprint density at radius 3 is 2.12 bits per heavy atom. The average Bonchev–Trinajstić information content (AvgIpc) is 2.25. The van der Waals surface area contributed by atoms with Gasteiger partial charge in [-0.25, -0.2) is 0 Å². The summed E-state index contributed by atoms with van der Waals surface area (Å²) in [5, 5.41) is 11.2. The smallest absolute Gasteiger partial charge is 0.307 e. The number of aliphatic carboxylic acids is 1. The SMILES string of the molecule is CNC(=O)CN(C)C(=O)C(C)C(C)C(=O)O. The van der Waals surface area contributed by atoms with Crippen LogP contribution in [0.4, 0.5) is 0 Å². The van der Waals surface area contributed by atoms with E-state index in [1.165, 1.54) is 25.9 Å². The second-order valence-electron chi connectivity index (χ2n) is 3.78. The van der Waals surface area contributed by atoms with Crippen LogP contribution < -0.4 is 5.32 Å². The van der Waals surface area contributed by atoms with Gasteiger partial charge in [0.1, 0.15) is 0 Å². The zero-order valence-corrected chi connectivity index (χ0v) is 9.98. The van der Waals surface area contributed by atoms with Gasteiger partial charge in [-0.3, -0.25) is 14.4 Å². The van der Waals surface area contributed by atoms with E-state index < -0.39 is 17.8 Å². The van der Waals surface area contributed by atoms with Crippen LogP contribution in [0.3, 0.4) is 0 Å². The first kappa shape index (κ1) is 14.4. The van der Waals surface area contributed by atoms with Crippen LogP contribution in [-0.4, -0.2) is 48.4 Å². The lowest BCUT2D eigenvalue weighted by Crippen LogP contribution is -2.41. The highest BCUT2D eigenvalue weighted by Crippen LogP contribution is 2.13. The van der Waals surface area contributed by atoms with Crippen LogP contribution in [0.1, 0.15) is 13.8 Å². The van der Waals surface area contributed by atoms with Crippen molar-refractivity contribution in [3.63, 3.8) is 0 Å². The number of carboxylic acid groups (broad SMARTS) is 1. The molecule has 6 nitrogen and oxygen atoms in total. The molecule has 0 bridgehead atoms. The number of likely N-dealkylation sites (N-methyl/N-ethyl adjacent to an activating group) is 2. The zero-order valence-electron chi connectivity index (χ0n) is 9.98. The van der Waals surface area contributed by atoms with Crippen molar-refractivity contribution in [2.75, 3.05) is 20.6 Å². The van der Waals surface area contributed by atoms with Crippen molar-refractivity contribution >= 4 is 17.8 Å². The molecule has 0 aliphatic rings. The zero-order chi connectivity index (χ0) is 12.9. The van der Waals surface area contributed by atoms with Crippen LogP contribution in [0.2, 0.25) is 0 Å². The molecule has 16 heavy (non-hydrogen) atoms. The third kappa shape index (κ3) is 3.88. The molecule has 0 spiro atoms. The van der Waals surface area contributed by atoms with Crippen molar-refractivity contribution in [1.29, 1.82) is 0 Å². The molecule has 2 N–H and O–H groups in total. The molecule has 0 aliphatic heterocycles. The fourth-order valence-corrected chi connectivity index (χ4v) is 1.15. The summed E-state index contributed by atoms with van der Waals surface area (Å²) >= 11 is 0. The molecule has 2 unspecified atom stereocenters. The van der Waals surface area contributed by atoms with Gasteiger partial charge in [-0.2, -0.15) is 0 Å². The standard InChI is InChI=1S/C10H18N2O4/c1-6(7(2)10(15)16)9(14)12(4)5-8(13)11-3/h6-7H,5H2,1-4H3,(H,11,13)(H,15,16). The Morgan fingerprint density at radius 2 is 1.75 bits per heavy atom. The van der Waals surface area contributed by atoms with Crippen molar-refractivity contribution in [2.45, 2.75) is 13.8 Å². The fraction of sp³-hybridized carbons (Fsp3) is 0.700. The van der Waals surface area contributed by atoms with Gasteiger partial charge in [-0.1, -0.05) is 13.8 Å². The van der Waals surface area contributed by atoms with Gasteiger partial charge in [0, 0.05) is 20.0 Å². The van der Waals surface area contributed by atoms with Crippen LogP contribution >= 0.6 is 0 Å². The van der Waals surface area contributed by atoms with Crippen LogP contribution in [0.5, 0.6) is 0 Å². The molecule has 0 radical (unpaired) electrons. The maximum Gasteiger partial charge on any atom is 0.307 e. The van der Waals surface area contributed by atoms with E-state index >= 15 is 0 Å². The Balaban J connectivity index is 4.43. The summed E-state index contributed by atoms with van der Waals surface area (Å²) in [6.45, 7) is 2.95. The van der Waals surface area contributed by atoms with Gasteiger partial charge in [0.15, 0.2) is 0 Å². The number of hydrogen-bond acceptors (Lipinski definition) is 3. The van der Waals surface area contributed by atoms with Gasteiger partial charge >= 0.3 is 5.97 Å². The lowest BCUT2D eigenvalue weighted by atomic mass is 9.95. The minimum absolute atomic E-state index is 0.0635. The van der Waals surface area contributed by atoms with Gasteiger partial charge in [0.2, 0.25) is 11.8 Å². The summed E-state index contributed by atoms with van der Waals surface area (Å²) in [5.74, 6) is -3.06. The summed E-state index contributed by atoms with van der Waals surface area (Å²) < 4.78 is 0. The first-order valence-corrected chi connectivity index (χ1v) is 4.99. The van der Waals surface area contributed by atoms with E-state index in [4.69, 9.17) is 5.11 Å². The van der Waals surface area contributed by atoms with Gasteiger partial charge in [-0.15, -0.1) is 0 Å². The quantitative estimate of drug-likeness (QED) is 0.669. The van der Waals surface area contributed by atoms with Crippen molar-refractivity contribution in [3.8, 4) is 0 Å². The Kier molecular flexibility index (Phi) is 5.49. The number of carbonyl (C=O) groups is 3. The molecular formula is C10H18N2O4. The largest absolute Gasteiger partial charge is 0.481 e. The minimum atomic E-state index is -1.02. The fourth-order valence-electron chi connectivity index (χ4n) is 1.15. The summed E-state index contributed by atoms with van der Waals surface area (Å²) in [7, 11) is 2.95. The normalized spacial score (nSPS) is 13.8. The number of carbonyl (C=O) groups excluding carboxylic acids is 2. The maximum absolute atomic E-state index is 11.7. The van der Waals surface area contributed by atoms with E-state index in [9.17, 15) is 14.4 Å². The van der Waals surface area contributed by atoms with Crippen molar-refractivity contribution < 1.29 is 19.5 Å². The molecule has 0 saturated carbocycles. The van der Waals surface area contributed by atoms with E-state index in [2.05, 4.69) is 5.32 Å². The van der Waals surface area contributed by atoms with Crippen molar-refractivity contribution in [2.24, 2.45) is 11.8 Å². The number of carboxylic acids is 1. The van der Waals surface area contributed by atoms with E-state index in [1.807, 2.05) is 0 Å². The van der Waals surface area contributed by atoms with E-state index in [-0.39, 0.29) is 18.4 Å². The van der Waals surface area contributed by atoms with Gasteiger partial charge in [0.25, 0.3) is 0 Å². The van der Waals surface area contributed by atoms with Crippen LogP contribution in [0, 0.1) is 11.8 Å². The van der Waals surface area contributed by atoms with Crippen molar-refractivity contribution in [1.82, 2.24) is 10.2 Å². The predicted molar refractivity (Wildman–Crippen MR) is 57.7 cm³/mol. The number of nitrogens with one attached hydrogen (secondary N) is 1. The molecule has 0 saturated heterocycles. The first-order chi connectivity index (χ1) is 7.31. The minimum Gasteiger partial charge on any atom is -0.481 e. The number of hydrogen-bond donors (Lipinski definition) is 2. The molecular weight excluding hydrogens is 212 g/mol. The molecule has 2 atom stereocenters. The van der Waals surface area contributed by atoms with Gasteiger partial charge in [-0.05, 0) is 0 Å². The van der Waals surface area contributed by atoms with E-state index in [0.29, 0.717) is 0 Å². The third-order valence-electron chi connectivity index (χ3n) is 2.56. The molecule has 0 aliphatic carbocycles. The van der Waals surface area contributed by atoms with Crippen molar-refractivity contribution in [3.05, 3.63) is 0 Å². The first-order valence-electron chi connectivity index (χ1n) is 4.99. The number of nitrogens with zero attached hydrogens (tertiary/aromatic N) is 1. The molecule has 0 aromatic rings. The van der Waals surface area contributed by atoms with E-state index in [0.717, 1.165) is 0 Å². The molecule has 2 amide bonds. The molecule has 0 fully saturated rings. The molecule has 0 rings (SSSR count). The van der Waals surface area contributed by atoms with Crippen LogP contribution in [-0.2, 0) is 14.4 Å². The monoisotopic (exact) mass is 230 g/mol. The maximum atomic E-state index is 11.7. The third-order valence-corrected chi connectivity index (χ3v) is 2.56. The predicted octanol–water partition coefficient (Wildman–Crippen LogP) is -0.452. The van der Waals surface area contributed by atoms with Gasteiger partial charge in [0.05, 0.1) is 12.5 Å². The molecule has 0 aromatic carbocycles. The lowest BCUT2D eigenvalue weighted by molar-refractivity contribution is -0.149. The second kappa shape index (κ2) is 6.09. The van der Waals surface area contributed by atoms with E-state index in [1.54, 1.807) is 6.92 Å². The Labute approximate surface area is 94.6 Å². The summed E-state index contributed by atoms with van der Waals surface area (Å²) in [4.78, 5) is 34.7. The summed E-state index contributed by atoms with van der Waals surface area (Å²) in [6, 6.07) is 0. The van der Waals surface area contributed by atoms with Gasteiger partial charge < -0.3 is 15.3 Å². The molecule has 92 valence electrons. The van der Waals surface area contributed by atoms with Crippen LogP contribution in [0.15, 0.2) is 0 Å². The number of amides is 2. The highest BCUT2D eigenvalue weighted by atomic mass is 16.4. The molecule has 6 heteroatoms. The topological polar surface area (TPSA) is 86.7 Å². The molecule has 0 aromatic heterocycles. The summed E-state index contributed by atoms with van der Waals surface area (Å²) in [5.41, 5.74) is 0. The van der Waals surface area contributed by atoms with Crippen LogP contribution in [0.25, 0.3) is 0 Å². The Hall–Kier alpha value is -1.59. The summed E-state index contributed by atoms with van der Waals surface area (Å²) in [6.07, 6.45) is 0. The average molecular weight is 230 g/mol. The second-order valence-corrected chi connectivity index (χ2v) is 3.78.